The summed E-state index contributed by atoms with van der Waals surface area (Å²) in [6, 6.07) is 9.86. The third-order valence-corrected chi connectivity index (χ3v) is 5.73. The molecule has 0 saturated carbocycles. The number of fused-ring (bicyclic) bond motifs is 3. The quantitative estimate of drug-likeness (QED) is 0.841. The van der Waals surface area contributed by atoms with Crippen molar-refractivity contribution in [3.63, 3.8) is 0 Å². The lowest BCUT2D eigenvalue weighted by Gasteiger charge is -2.59. The topological polar surface area (TPSA) is 59.6 Å². The molecule has 1 aromatic heterocycles. The number of carbonyl (C=O) groups is 1. The lowest BCUT2D eigenvalue weighted by atomic mass is 9.63. The first-order valence-corrected chi connectivity index (χ1v) is 8.54. The van der Waals surface area contributed by atoms with Crippen LogP contribution in [0.4, 0.5) is 0 Å². The highest BCUT2D eigenvalue weighted by Gasteiger charge is 2.55. The summed E-state index contributed by atoms with van der Waals surface area (Å²) in [4.78, 5) is 20.5. The molecule has 0 spiro atoms. The van der Waals surface area contributed by atoms with Gasteiger partial charge in [-0.3, -0.25) is 4.79 Å². The Bertz CT molecular complexity index is 746. The molecule has 5 nitrogen and oxygen atoms in total. The number of H-pyrrole nitrogens is 1. The second-order valence-electron chi connectivity index (χ2n) is 8.31. The number of nitrogens with one attached hydrogen (secondary N) is 1. The number of likely N-dealkylation sites (tertiary alicyclic amines) is 2. The molecule has 2 aliphatic rings. The maximum Gasteiger partial charge on any atom is 0.270 e. The molecule has 3 heterocycles. The van der Waals surface area contributed by atoms with Crippen LogP contribution < -0.4 is 0 Å². The summed E-state index contributed by atoms with van der Waals surface area (Å²) in [6.07, 6.45) is -0.382. The van der Waals surface area contributed by atoms with Crippen LogP contribution in [0.2, 0.25) is 0 Å². The number of para-hydroxylation sites is 1. The number of amides is 1. The smallest absolute Gasteiger partial charge is 0.270 e. The van der Waals surface area contributed by atoms with Crippen LogP contribution in [0.3, 0.4) is 0 Å². The van der Waals surface area contributed by atoms with Crippen molar-refractivity contribution in [1.82, 2.24) is 14.8 Å². The number of aromatic amines is 1. The maximum absolute atomic E-state index is 13.1. The largest absolute Gasteiger partial charge is 0.392 e. The van der Waals surface area contributed by atoms with Crippen molar-refractivity contribution in [3.8, 4) is 0 Å². The summed E-state index contributed by atoms with van der Waals surface area (Å²) < 4.78 is 0. The Kier molecular flexibility index (Phi) is 3.31. The van der Waals surface area contributed by atoms with E-state index in [-0.39, 0.29) is 22.8 Å². The van der Waals surface area contributed by atoms with E-state index in [1.807, 2.05) is 35.2 Å². The van der Waals surface area contributed by atoms with Crippen molar-refractivity contribution in [2.45, 2.75) is 20.0 Å². The highest BCUT2D eigenvalue weighted by atomic mass is 16.3. The third kappa shape index (κ3) is 2.26. The molecule has 2 saturated heterocycles. The molecule has 128 valence electrons. The van der Waals surface area contributed by atoms with Gasteiger partial charge < -0.3 is 19.9 Å². The fourth-order valence-corrected chi connectivity index (χ4v) is 5.01. The molecule has 1 unspecified atom stereocenters. The Hall–Kier alpha value is -1.85. The number of hydrogen-bond acceptors (Lipinski definition) is 3. The van der Waals surface area contributed by atoms with Crippen molar-refractivity contribution in [1.29, 1.82) is 0 Å². The van der Waals surface area contributed by atoms with Crippen molar-refractivity contribution < 1.29 is 9.90 Å². The second kappa shape index (κ2) is 5.07. The molecule has 2 aliphatic heterocycles. The van der Waals surface area contributed by atoms with E-state index in [1.165, 1.54) is 0 Å². The zero-order valence-electron chi connectivity index (χ0n) is 14.5. The summed E-state index contributed by atoms with van der Waals surface area (Å²) in [7, 11) is 2.09. The van der Waals surface area contributed by atoms with E-state index in [0.29, 0.717) is 18.8 Å². The molecule has 1 aromatic carbocycles. The van der Waals surface area contributed by atoms with Crippen LogP contribution in [0, 0.1) is 10.8 Å². The number of aromatic nitrogens is 1. The Morgan fingerprint density at radius 3 is 2.42 bits per heavy atom. The standard InChI is InChI=1S/C19H25N3O2/c1-18-9-21(3)10-19(2,17(18)24)12-22(11-18)16(23)15-8-13-6-4-5-7-14(13)20-15/h4-8,17,20,24H,9-12H2,1-3H3/t17?,18-,19+. The molecule has 2 N–H and O–H groups in total. The number of aliphatic hydroxyl groups is 1. The summed E-state index contributed by atoms with van der Waals surface area (Å²) >= 11 is 0. The van der Waals surface area contributed by atoms with E-state index in [4.69, 9.17) is 0 Å². The Balaban J connectivity index is 1.66. The van der Waals surface area contributed by atoms with E-state index in [9.17, 15) is 9.90 Å². The van der Waals surface area contributed by atoms with Gasteiger partial charge in [0.2, 0.25) is 0 Å². The first-order chi connectivity index (χ1) is 11.3. The van der Waals surface area contributed by atoms with E-state index in [1.54, 1.807) is 0 Å². The second-order valence-corrected chi connectivity index (χ2v) is 8.31. The van der Waals surface area contributed by atoms with Crippen molar-refractivity contribution in [3.05, 3.63) is 36.0 Å². The molecule has 2 bridgehead atoms. The predicted octanol–water partition coefficient (Wildman–Crippen LogP) is 1.94. The van der Waals surface area contributed by atoms with Crippen molar-refractivity contribution in [2.75, 3.05) is 33.2 Å². The van der Waals surface area contributed by atoms with Crippen molar-refractivity contribution >= 4 is 16.8 Å². The molecular weight excluding hydrogens is 302 g/mol. The lowest BCUT2D eigenvalue weighted by Crippen LogP contribution is -2.70. The van der Waals surface area contributed by atoms with Gasteiger partial charge in [-0.05, 0) is 19.2 Å². The minimum Gasteiger partial charge on any atom is -0.392 e. The van der Waals surface area contributed by atoms with Gasteiger partial charge in [0.1, 0.15) is 5.69 Å². The highest BCUT2D eigenvalue weighted by molar-refractivity contribution is 5.98. The monoisotopic (exact) mass is 327 g/mol. The summed E-state index contributed by atoms with van der Waals surface area (Å²) in [5.74, 6) is 0.0279. The zero-order valence-corrected chi connectivity index (χ0v) is 14.5. The molecule has 5 heteroatoms. The molecule has 2 fully saturated rings. The molecule has 1 amide bonds. The maximum atomic E-state index is 13.1. The van der Waals surface area contributed by atoms with Crippen LogP contribution in [0.25, 0.3) is 10.9 Å². The fourth-order valence-electron chi connectivity index (χ4n) is 5.01. The van der Waals surface area contributed by atoms with E-state index in [2.05, 4.69) is 30.8 Å². The summed E-state index contributed by atoms with van der Waals surface area (Å²) in [5.41, 5.74) is 1.03. The van der Waals surface area contributed by atoms with Crippen LogP contribution in [-0.2, 0) is 0 Å². The van der Waals surface area contributed by atoms with Gasteiger partial charge in [-0.15, -0.1) is 0 Å². The predicted molar refractivity (Wildman–Crippen MR) is 93.9 cm³/mol. The molecule has 0 radical (unpaired) electrons. The van der Waals surface area contributed by atoms with Gasteiger partial charge in [0.25, 0.3) is 5.91 Å². The van der Waals surface area contributed by atoms with Gasteiger partial charge in [-0.1, -0.05) is 32.0 Å². The molecule has 2 aromatic rings. The van der Waals surface area contributed by atoms with Gasteiger partial charge in [-0.25, -0.2) is 0 Å². The van der Waals surface area contributed by atoms with Crippen LogP contribution in [0.15, 0.2) is 30.3 Å². The van der Waals surface area contributed by atoms with Crippen LogP contribution in [0.1, 0.15) is 24.3 Å². The third-order valence-electron chi connectivity index (χ3n) is 5.73. The number of piperidine rings is 2. The minimum atomic E-state index is -0.382. The van der Waals surface area contributed by atoms with Crippen LogP contribution in [-0.4, -0.2) is 65.1 Å². The zero-order chi connectivity index (χ0) is 17.1. The number of hydrogen-bond donors (Lipinski definition) is 2. The SMILES string of the molecule is CN1C[C@@]2(C)CN(C(=O)c3cc4ccccc4[nH]3)C[C@@](C)(C1)C2O. The Morgan fingerprint density at radius 1 is 1.17 bits per heavy atom. The minimum absolute atomic E-state index is 0.0279. The Morgan fingerprint density at radius 2 is 1.79 bits per heavy atom. The number of carbonyl (C=O) groups excluding carboxylic acids is 1. The van der Waals surface area contributed by atoms with E-state index >= 15 is 0 Å². The van der Waals surface area contributed by atoms with Crippen LogP contribution >= 0.6 is 0 Å². The molecule has 4 rings (SSSR count). The fraction of sp³-hybridized carbons (Fsp3) is 0.526. The average Bonchev–Trinajstić information content (AvgIpc) is 2.93. The number of aliphatic hydroxyl groups excluding tert-OH is 1. The molecule has 0 aliphatic carbocycles. The van der Waals surface area contributed by atoms with E-state index < -0.39 is 0 Å². The highest BCUT2D eigenvalue weighted by Crippen LogP contribution is 2.45. The van der Waals surface area contributed by atoms with Gasteiger partial charge in [0.15, 0.2) is 0 Å². The lowest BCUT2D eigenvalue weighted by molar-refractivity contribution is -0.161. The van der Waals surface area contributed by atoms with Crippen LogP contribution in [0.5, 0.6) is 0 Å². The van der Waals surface area contributed by atoms with Gasteiger partial charge in [-0.2, -0.15) is 0 Å². The average molecular weight is 327 g/mol. The van der Waals surface area contributed by atoms with Gasteiger partial charge >= 0.3 is 0 Å². The number of benzene rings is 1. The van der Waals surface area contributed by atoms with Gasteiger partial charge in [0, 0.05) is 47.9 Å². The Labute approximate surface area is 142 Å². The van der Waals surface area contributed by atoms with E-state index in [0.717, 1.165) is 24.0 Å². The number of rotatable bonds is 1. The normalized spacial score (nSPS) is 33.8. The first-order valence-electron chi connectivity index (χ1n) is 8.54. The number of nitrogens with zero attached hydrogens (tertiary/aromatic N) is 2. The summed E-state index contributed by atoms with van der Waals surface area (Å²) in [5, 5.41) is 11.9. The summed E-state index contributed by atoms with van der Waals surface area (Å²) in [6.45, 7) is 6.97. The van der Waals surface area contributed by atoms with Gasteiger partial charge in [0.05, 0.1) is 6.10 Å². The molecule has 24 heavy (non-hydrogen) atoms. The van der Waals surface area contributed by atoms with Crippen molar-refractivity contribution in [2.24, 2.45) is 10.8 Å². The first kappa shape index (κ1) is 15.7. The molecular formula is C19H25N3O2. The molecule has 3 atom stereocenters.